The van der Waals surface area contributed by atoms with Gasteiger partial charge < -0.3 is 4.74 Å². The highest BCUT2D eigenvalue weighted by atomic mass is 17.2. The van der Waals surface area contributed by atoms with Gasteiger partial charge >= 0.3 is 0 Å². The predicted molar refractivity (Wildman–Crippen MR) is 48.3 cm³/mol. The molecule has 4 nitrogen and oxygen atoms in total. The van der Waals surface area contributed by atoms with Gasteiger partial charge in [0.25, 0.3) is 0 Å². The maximum atomic E-state index is 11.6. The third-order valence-electron chi connectivity index (χ3n) is 3.51. The van der Waals surface area contributed by atoms with Gasteiger partial charge in [-0.25, -0.2) is 9.78 Å². The highest BCUT2D eigenvalue weighted by Gasteiger charge is 2.50. The van der Waals surface area contributed by atoms with Crippen molar-refractivity contribution >= 4 is 5.78 Å². The van der Waals surface area contributed by atoms with Crippen molar-refractivity contribution in [3.05, 3.63) is 0 Å². The van der Waals surface area contributed by atoms with Crippen LogP contribution < -0.4 is 0 Å². The van der Waals surface area contributed by atoms with E-state index in [1.54, 1.807) is 7.11 Å². The molecule has 14 heavy (non-hydrogen) atoms. The van der Waals surface area contributed by atoms with Crippen LogP contribution in [0.3, 0.4) is 0 Å². The highest BCUT2D eigenvalue weighted by Crippen LogP contribution is 2.42. The minimum absolute atomic E-state index is 0.0485. The van der Waals surface area contributed by atoms with E-state index < -0.39 is 5.79 Å². The standard InChI is InChI=1S/C10H16O4/c1-6-8(11)4-7-5-9(6)13-14-10(7,2)12-3/h6-7,9H,4-5H2,1-3H3/t6-,7+,9+,10+/m1/s1. The highest BCUT2D eigenvalue weighted by molar-refractivity contribution is 5.82. The van der Waals surface area contributed by atoms with Crippen LogP contribution in [0.1, 0.15) is 26.7 Å². The Bertz CT molecular complexity index is 253. The first-order valence-corrected chi connectivity index (χ1v) is 4.99. The number of carbonyl (C=O) groups excluding carboxylic acids is 1. The lowest BCUT2D eigenvalue weighted by Crippen LogP contribution is -2.53. The summed E-state index contributed by atoms with van der Waals surface area (Å²) in [6.07, 6.45) is 1.28. The molecule has 2 fully saturated rings. The van der Waals surface area contributed by atoms with Crippen LogP contribution in [0, 0.1) is 11.8 Å². The normalized spacial score (nSPS) is 47.9. The Hall–Kier alpha value is -0.450. The fourth-order valence-corrected chi connectivity index (χ4v) is 2.15. The lowest BCUT2D eigenvalue weighted by atomic mass is 9.75. The first-order valence-electron chi connectivity index (χ1n) is 4.99. The van der Waals surface area contributed by atoms with Crippen molar-refractivity contribution < 1.29 is 19.3 Å². The Kier molecular flexibility index (Phi) is 2.37. The van der Waals surface area contributed by atoms with Crippen LogP contribution in [0.5, 0.6) is 0 Å². The van der Waals surface area contributed by atoms with Gasteiger partial charge in [-0.3, -0.25) is 4.79 Å². The predicted octanol–water partition coefficient (Wildman–Crippen LogP) is 1.29. The molecule has 0 aromatic carbocycles. The van der Waals surface area contributed by atoms with E-state index in [0.29, 0.717) is 6.42 Å². The Morgan fingerprint density at radius 1 is 1.57 bits per heavy atom. The summed E-state index contributed by atoms with van der Waals surface area (Å²) in [7, 11) is 1.58. The van der Waals surface area contributed by atoms with Gasteiger partial charge in [0.05, 0.1) is 0 Å². The summed E-state index contributed by atoms with van der Waals surface area (Å²) < 4.78 is 5.25. The summed E-state index contributed by atoms with van der Waals surface area (Å²) >= 11 is 0. The maximum absolute atomic E-state index is 11.6. The lowest BCUT2D eigenvalue weighted by molar-refractivity contribution is -0.481. The van der Waals surface area contributed by atoms with Crippen molar-refractivity contribution in [2.75, 3.05) is 7.11 Å². The minimum atomic E-state index is -0.758. The van der Waals surface area contributed by atoms with Crippen molar-refractivity contribution in [1.29, 1.82) is 0 Å². The van der Waals surface area contributed by atoms with E-state index in [4.69, 9.17) is 14.5 Å². The second kappa shape index (κ2) is 3.29. The number of ether oxygens (including phenoxy) is 1. The van der Waals surface area contributed by atoms with Crippen molar-refractivity contribution in [2.24, 2.45) is 11.8 Å². The number of rotatable bonds is 1. The van der Waals surface area contributed by atoms with Crippen LogP contribution in [0.2, 0.25) is 0 Å². The van der Waals surface area contributed by atoms with Crippen LogP contribution in [0.25, 0.3) is 0 Å². The average molecular weight is 200 g/mol. The minimum Gasteiger partial charge on any atom is -0.351 e. The molecule has 0 amide bonds. The van der Waals surface area contributed by atoms with E-state index >= 15 is 0 Å². The quantitative estimate of drug-likeness (QED) is 0.598. The summed E-state index contributed by atoms with van der Waals surface area (Å²) in [6, 6.07) is 0. The molecule has 1 aliphatic heterocycles. The Balaban J connectivity index is 2.18. The molecule has 2 rings (SSSR count). The molecule has 0 radical (unpaired) electrons. The summed E-state index contributed by atoms with van der Waals surface area (Å²) in [5, 5.41) is 0. The van der Waals surface area contributed by atoms with Gasteiger partial charge in [-0.05, 0) is 13.3 Å². The van der Waals surface area contributed by atoms with Gasteiger partial charge in [-0.2, -0.15) is 0 Å². The van der Waals surface area contributed by atoms with Crippen LogP contribution in [0.15, 0.2) is 0 Å². The van der Waals surface area contributed by atoms with E-state index in [1.807, 2.05) is 13.8 Å². The molecular weight excluding hydrogens is 184 g/mol. The summed E-state index contributed by atoms with van der Waals surface area (Å²) in [4.78, 5) is 22.0. The first kappa shape index (κ1) is 10.1. The van der Waals surface area contributed by atoms with Gasteiger partial charge in [-0.15, -0.1) is 0 Å². The molecule has 1 aliphatic carbocycles. The van der Waals surface area contributed by atoms with Crippen LogP contribution in [0.4, 0.5) is 0 Å². The SMILES string of the molecule is CO[C@@]1(C)OO[C@H]2C[C@@H]1CC(=O)[C@H]2C. The van der Waals surface area contributed by atoms with E-state index in [0.717, 1.165) is 6.42 Å². The average Bonchev–Trinajstić information content (AvgIpc) is 2.19. The second-order valence-electron chi connectivity index (χ2n) is 4.33. The molecule has 1 saturated heterocycles. The Morgan fingerprint density at radius 3 is 2.93 bits per heavy atom. The molecule has 4 heteroatoms. The number of ketones is 1. The van der Waals surface area contributed by atoms with Crippen molar-refractivity contribution in [2.45, 2.75) is 38.6 Å². The number of carbonyl (C=O) groups is 1. The molecule has 1 saturated carbocycles. The molecule has 0 N–H and O–H groups in total. The second-order valence-corrected chi connectivity index (χ2v) is 4.33. The van der Waals surface area contributed by atoms with Gasteiger partial charge in [0.15, 0.2) is 0 Å². The molecule has 2 bridgehead atoms. The molecular formula is C10H16O4. The maximum Gasteiger partial charge on any atom is 0.201 e. The largest absolute Gasteiger partial charge is 0.351 e. The van der Waals surface area contributed by atoms with Gasteiger partial charge in [0.1, 0.15) is 11.9 Å². The third-order valence-corrected chi connectivity index (χ3v) is 3.51. The number of hydrogen-bond acceptors (Lipinski definition) is 4. The molecule has 4 atom stereocenters. The third kappa shape index (κ3) is 1.38. The number of hydrogen-bond donors (Lipinski definition) is 0. The molecule has 0 unspecified atom stereocenters. The van der Waals surface area contributed by atoms with Gasteiger partial charge in [0, 0.05) is 25.4 Å². The van der Waals surface area contributed by atoms with Crippen LogP contribution in [-0.4, -0.2) is 24.8 Å². The topological polar surface area (TPSA) is 44.8 Å². The zero-order chi connectivity index (χ0) is 10.3. The Labute approximate surface area is 83.4 Å². The lowest BCUT2D eigenvalue weighted by Gasteiger charge is -2.45. The number of Topliss-reactive ketones (excluding diaryl/α,β-unsaturated/α-hetero) is 1. The molecule has 1 heterocycles. The molecule has 0 aromatic rings. The molecule has 0 spiro atoms. The fraction of sp³-hybridized carbons (Fsp3) is 0.900. The van der Waals surface area contributed by atoms with Crippen molar-refractivity contribution in [3.8, 4) is 0 Å². The Morgan fingerprint density at radius 2 is 2.29 bits per heavy atom. The zero-order valence-corrected chi connectivity index (χ0v) is 8.78. The number of fused-ring (bicyclic) bond motifs is 2. The van der Waals surface area contributed by atoms with Gasteiger partial charge in [0.2, 0.25) is 5.79 Å². The summed E-state index contributed by atoms with van der Waals surface area (Å²) in [5.41, 5.74) is 0. The zero-order valence-electron chi connectivity index (χ0n) is 8.78. The smallest absolute Gasteiger partial charge is 0.201 e. The van der Waals surface area contributed by atoms with Crippen LogP contribution in [-0.2, 0) is 19.3 Å². The fourth-order valence-electron chi connectivity index (χ4n) is 2.15. The van der Waals surface area contributed by atoms with E-state index in [-0.39, 0.29) is 23.7 Å². The van der Waals surface area contributed by atoms with E-state index in [1.165, 1.54) is 0 Å². The van der Waals surface area contributed by atoms with Gasteiger partial charge in [-0.1, -0.05) is 6.92 Å². The molecule has 0 aromatic heterocycles. The molecule has 80 valence electrons. The van der Waals surface area contributed by atoms with E-state index in [2.05, 4.69) is 0 Å². The van der Waals surface area contributed by atoms with Crippen molar-refractivity contribution in [3.63, 3.8) is 0 Å². The molecule has 2 aliphatic rings. The monoisotopic (exact) mass is 200 g/mol. The van der Waals surface area contributed by atoms with Crippen molar-refractivity contribution in [1.82, 2.24) is 0 Å². The summed E-state index contributed by atoms with van der Waals surface area (Å²) in [5.74, 6) is -0.438. The first-order chi connectivity index (χ1) is 6.57. The number of methoxy groups -OCH3 is 1. The summed E-state index contributed by atoms with van der Waals surface area (Å²) in [6.45, 7) is 3.71. The van der Waals surface area contributed by atoms with E-state index in [9.17, 15) is 4.79 Å². The van der Waals surface area contributed by atoms with Crippen LogP contribution >= 0.6 is 0 Å².